The molecule has 1 aromatic rings. The van der Waals surface area contributed by atoms with Gasteiger partial charge in [0.25, 0.3) is 0 Å². The van der Waals surface area contributed by atoms with Gasteiger partial charge in [0.15, 0.2) is 5.96 Å². The van der Waals surface area contributed by atoms with Crippen molar-refractivity contribution >= 4 is 23.7 Å². The molecule has 2 amide bonds. The van der Waals surface area contributed by atoms with Crippen LogP contribution in [-0.4, -0.2) is 52.6 Å². The van der Waals surface area contributed by atoms with Crippen molar-refractivity contribution in [2.45, 2.75) is 64.0 Å². The Hall–Kier alpha value is -3.82. The first-order valence-corrected chi connectivity index (χ1v) is 11.8. The summed E-state index contributed by atoms with van der Waals surface area (Å²) in [6.45, 7) is 2.49. The molecule has 1 rings (SSSR count). The normalized spacial score (nSPS) is 12.8. The van der Waals surface area contributed by atoms with Gasteiger partial charge in [-0.3, -0.25) is 15.0 Å². The number of guanidine groups is 1. The largest absolute Gasteiger partial charge is 0.508 e. The van der Waals surface area contributed by atoms with E-state index in [1.807, 2.05) is 0 Å². The highest BCUT2D eigenvalue weighted by molar-refractivity contribution is 5.93. The topological polar surface area (TPSA) is 178 Å². The summed E-state index contributed by atoms with van der Waals surface area (Å²) in [4.78, 5) is 36.6. The molecule has 1 aromatic carbocycles. The summed E-state index contributed by atoms with van der Waals surface area (Å²) in [5.41, 5.74) is 6.00. The quantitative estimate of drug-likeness (QED) is 0.0806. The van der Waals surface area contributed by atoms with E-state index in [4.69, 9.17) is 16.2 Å². The van der Waals surface area contributed by atoms with Crippen LogP contribution in [0.25, 0.3) is 0 Å². The van der Waals surface area contributed by atoms with E-state index >= 15 is 0 Å². The number of aromatic hydroxyl groups is 1. The SMILES string of the molecule is CCCCC/C=C/C(=O)N[C@H](Cc1ccc(O)cc1)C(=O)N[C@H](/C=C/C(=O)O)CCCNC(=N)N. The van der Waals surface area contributed by atoms with Gasteiger partial charge in [-0.1, -0.05) is 44.1 Å². The van der Waals surface area contributed by atoms with Crippen LogP contribution >= 0.6 is 0 Å². The van der Waals surface area contributed by atoms with E-state index in [-0.39, 0.29) is 18.1 Å². The fourth-order valence-electron chi connectivity index (χ4n) is 3.24. The first-order valence-electron chi connectivity index (χ1n) is 11.8. The second-order valence-electron chi connectivity index (χ2n) is 8.13. The van der Waals surface area contributed by atoms with Gasteiger partial charge >= 0.3 is 5.97 Å². The molecule has 8 N–H and O–H groups in total. The predicted octanol–water partition coefficient (Wildman–Crippen LogP) is 1.94. The van der Waals surface area contributed by atoms with Crippen LogP contribution in [0.4, 0.5) is 0 Å². The number of hydrogen-bond donors (Lipinski definition) is 7. The number of rotatable bonds is 16. The minimum absolute atomic E-state index is 0.0897. The number of benzene rings is 1. The second-order valence-corrected chi connectivity index (χ2v) is 8.13. The molecule has 0 aliphatic heterocycles. The van der Waals surface area contributed by atoms with Crippen LogP contribution in [0.1, 0.15) is 51.0 Å². The maximum absolute atomic E-state index is 13.1. The lowest BCUT2D eigenvalue weighted by atomic mass is 10.0. The monoisotopic (exact) mass is 487 g/mol. The molecule has 0 unspecified atom stereocenters. The van der Waals surface area contributed by atoms with Gasteiger partial charge in [-0.15, -0.1) is 0 Å². The molecule has 0 saturated heterocycles. The van der Waals surface area contributed by atoms with Crippen LogP contribution in [0.5, 0.6) is 5.75 Å². The zero-order valence-electron chi connectivity index (χ0n) is 20.1. The third-order valence-electron chi connectivity index (χ3n) is 5.06. The number of unbranched alkanes of at least 4 members (excludes halogenated alkanes) is 3. The summed E-state index contributed by atoms with van der Waals surface area (Å²) in [6, 6.07) is 4.81. The van der Waals surface area contributed by atoms with Crippen molar-refractivity contribution in [1.82, 2.24) is 16.0 Å². The molecule has 2 atom stereocenters. The number of phenolic OH excluding ortho intramolecular Hbond substituents is 1. The number of carboxylic acid groups (broad SMARTS) is 1. The van der Waals surface area contributed by atoms with E-state index in [2.05, 4.69) is 22.9 Å². The molecule has 0 bridgehead atoms. The number of nitrogens with two attached hydrogens (primary N) is 1. The van der Waals surface area contributed by atoms with Gasteiger partial charge in [-0.05, 0) is 49.5 Å². The summed E-state index contributed by atoms with van der Waals surface area (Å²) in [5.74, 6) is -2.10. The Morgan fingerprint density at radius 3 is 2.43 bits per heavy atom. The molecule has 10 heteroatoms. The number of hydrogen-bond acceptors (Lipinski definition) is 5. The highest BCUT2D eigenvalue weighted by atomic mass is 16.4. The molecular formula is C25H37N5O5. The number of nitrogens with one attached hydrogen (secondary N) is 4. The maximum Gasteiger partial charge on any atom is 0.328 e. The molecule has 0 radical (unpaired) electrons. The lowest BCUT2D eigenvalue weighted by Gasteiger charge is -2.22. The molecule has 10 nitrogen and oxygen atoms in total. The number of phenols is 1. The fourth-order valence-corrected chi connectivity index (χ4v) is 3.24. The Morgan fingerprint density at radius 1 is 1.09 bits per heavy atom. The third-order valence-corrected chi connectivity index (χ3v) is 5.06. The first-order chi connectivity index (χ1) is 16.7. The highest BCUT2D eigenvalue weighted by Gasteiger charge is 2.22. The average molecular weight is 488 g/mol. The van der Waals surface area contributed by atoms with Gasteiger partial charge in [-0.2, -0.15) is 0 Å². The van der Waals surface area contributed by atoms with Gasteiger partial charge < -0.3 is 31.9 Å². The number of amides is 2. The van der Waals surface area contributed by atoms with Crippen LogP contribution in [-0.2, 0) is 20.8 Å². The zero-order valence-corrected chi connectivity index (χ0v) is 20.1. The first kappa shape index (κ1) is 29.2. The standard InChI is InChI=1S/C25H37N5O5/c1-2-3-4-5-6-9-22(32)30-21(17-18-10-13-20(31)14-11-18)24(35)29-19(12-15-23(33)34)8-7-16-28-25(26)27/h6,9-15,19,21,31H,2-5,7-8,16-17H2,1H3,(H,29,35)(H,30,32)(H,33,34)(H4,26,27,28)/b9-6+,15-12+/t19-,21+/m0/s1. The van der Waals surface area contributed by atoms with Crippen LogP contribution in [0, 0.1) is 5.41 Å². The number of allylic oxidation sites excluding steroid dienone is 1. The number of carbonyl (C=O) groups excluding carboxylic acids is 2. The summed E-state index contributed by atoms with van der Waals surface area (Å²) < 4.78 is 0. The van der Waals surface area contributed by atoms with Gasteiger partial charge in [-0.25, -0.2) is 4.79 Å². The third kappa shape index (κ3) is 14.1. The van der Waals surface area contributed by atoms with Crippen molar-refractivity contribution in [3.8, 4) is 5.75 Å². The minimum atomic E-state index is -1.15. The maximum atomic E-state index is 13.1. The smallest absolute Gasteiger partial charge is 0.328 e. The van der Waals surface area contributed by atoms with Crippen molar-refractivity contribution in [2.75, 3.05) is 6.54 Å². The molecule has 0 aromatic heterocycles. The molecule has 0 heterocycles. The van der Waals surface area contributed by atoms with Crippen molar-refractivity contribution in [3.05, 3.63) is 54.1 Å². The summed E-state index contributed by atoms with van der Waals surface area (Å²) in [6.07, 6.45) is 10.5. The highest BCUT2D eigenvalue weighted by Crippen LogP contribution is 2.12. The van der Waals surface area contributed by atoms with E-state index in [0.29, 0.717) is 19.4 Å². The van der Waals surface area contributed by atoms with Gasteiger partial charge in [0.05, 0.1) is 0 Å². The molecule has 192 valence electrons. The number of carboxylic acids is 1. The molecule has 0 spiro atoms. The predicted molar refractivity (Wildman–Crippen MR) is 135 cm³/mol. The van der Waals surface area contributed by atoms with Gasteiger partial charge in [0.1, 0.15) is 11.8 Å². The Morgan fingerprint density at radius 2 is 1.80 bits per heavy atom. The summed E-state index contributed by atoms with van der Waals surface area (Å²) in [7, 11) is 0. The van der Waals surface area contributed by atoms with E-state index in [9.17, 15) is 19.5 Å². The zero-order chi connectivity index (χ0) is 26.1. The molecule has 0 aliphatic rings. The second kappa shape index (κ2) is 16.7. The Kier molecular flexibility index (Phi) is 14.0. The van der Waals surface area contributed by atoms with Crippen molar-refractivity contribution in [2.24, 2.45) is 5.73 Å². The fraction of sp³-hybridized carbons (Fsp3) is 0.440. The van der Waals surface area contributed by atoms with Crippen molar-refractivity contribution in [3.63, 3.8) is 0 Å². The number of carbonyl (C=O) groups is 3. The van der Waals surface area contributed by atoms with Crippen LogP contribution in [0.15, 0.2) is 48.6 Å². The van der Waals surface area contributed by atoms with Gasteiger partial charge in [0, 0.05) is 25.1 Å². The van der Waals surface area contributed by atoms with E-state index in [1.54, 1.807) is 18.2 Å². The molecule has 0 fully saturated rings. The molecule has 0 aliphatic carbocycles. The Balaban J connectivity index is 2.91. The van der Waals surface area contributed by atoms with Crippen LogP contribution < -0.4 is 21.7 Å². The summed E-state index contributed by atoms with van der Waals surface area (Å²) in [5, 5.41) is 33.9. The van der Waals surface area contributed by atoms with Crippen molar-refractivity contribution in [1.29, 1.82) is 5.41 Å². The van der Waals surface area contributed by atoms with Crippen molar-refractivity contribution < 1.29 is 24.6 Å². The van der Waals surface area contributed by atoms with E-state index in [1.165, 1.54) is 24.3 Å². The molecule has 35 heavy (non-hydrogen) atoms. The lowest BCUT2D eigenvalue weighted by molar-refractivity contribution is -0.131. The van der Waals surface area contributed by atoms with E-state index in [0.717, 1.165) is 37.3 Å². The lowest BCUT2D eigenvalue weighted by Crippen LogP contribution is -2.50. The van der Waals surface area contributed by atoms with E-state index < -0.39 is 29.9 Å². The minimum Gasteiger partial charge on any atom is -0.508 e. The Labute approximate surface area is 206 Å². The summed E-state index contributed by atoms with van der Waals surface area (Å²) >= 11 is 0. The van der Waals surface area contributed by atoms with Gasteiger partial charge in [0.2, 0.25) is 11.8 Å². The Bertz CT molecular complexity index is 883. The average Bonchev–Trinajstić information content (AvgIpc) is 2.80. The molecular weight excluding hydrogens is 450 g/mol. The molecule has 0 saturated carbocycles. The number of aliphatic carboxylic acids is 1. The van der Waals surface area contributed by atoms with Crippen LogP contribution in [0.3, 0.4) is 0 Å². The van der Waals surface area contributed by atoms with Crippen LogP contribution in [0.2, 0.25) is 0 Å².